The van der Waals surface area contributed by atoms with Crippen LogP contribution in [0.25, 0.3) is 0 Å². The zero-order valence-corrected chi connectivity index (χ0v) is 17.0. The third-order valence-corrected chi connectivity index (χ3v) is 6.57. The van der Waals surface area contributed by atoms with Crippen LogP contribution in [0.4, 0.5) is 0 Å². The molecular formula is C19H29ClN4O3. The summed E-state index contributed by atoms with van der Waals surface area (Å²) in [5.41, 5.74) is 2.05. The fourth-order valence-corrected chi connectivity index (χ4v) is 4.80. The molecule has 3 fully saturated rings. The molecule has 0 N–H and O–H groups in total. The molecule has 4 rings (SSSR count). The van der Waals surface area contributed by atoms with Crippen molar-refractivity contribution in [3.63, 3.8) is 0 Å². The predicted molar refractivity (Wildman–Crippen MR) is 102 cm³/mol. The lowest BCUT2D eigenvalue weighted by Crippen LogP contribution is -2.48. The maximum Gasteiger partial charge on any atom is 0.225 e. The van der Waals surface area contributed by atoms with Crippen LogP contribution in [-0.2, 0) is 27.9 Å². The maximum atomic E-state index is 13.1. The van der Waals surface area contributed by atoms with Crippen molar-refractivity contribution in [3.8, 4) is 0 Å². The van der Waals surface area contributed by atoms with Crippen molar-refractivity contribution in [3.05, 3.63) is 16.4 Å². The van der Waals surface area contributed by atoms with Crippen molar-refractivity contribution in [2.75, 3.05) is 46.1 Å². The molecule has 7 nitrogen and oxygen atoms in total. The van der Waals surface area contributed by atoms with Crippen LogP contribution in [0.3, 0.4) is 0 Å². The Morgan fingerprint density at radius 1 is 1.19 bits per heavy atom. The number of rotatable bonds is 3. The number of hydrogen-bond acceptors (Lipinski definition) is 5. The summed E-state index contributed by atoms with van der Waals surface area (Å²) in [4.78, 5) is 17.6. The van der Waals surface area contributed by atoms with Crippen LogP contribution in [-0.4, -0.2) is 77.6 Å². The van der Waals surface area contributed by atoms with E-state index in [4.69, 9.17) is 21.1 Å². The van der Waals surface area contributed by atoms with Gasteiger partial charge in [-0.05, 0) is 19.8 Å². The van der Waals surface area contributed by atoms with Crippen LogP contribution in [0.15, 0.2) is 0 Å². The molecular weight excluding hydrogens is 368 g/mol. The minimum Gasteiger partial charge on any atom is -0.381 e. The van der Waals surface area contributed by atoms with Gasteiger partial charge in [-0.3, -0.25) is 14.4 Å². The summed E-state index contributed by atoms with van der Waals surface area (Å²) in [6.45, 7) is 7.95. The Labute approximate surface area is 165 Å². The van der Waals surface area contributed by atoms with Crippen molar-refractivity contribution in [2.45, 2.75) is 32.4 Å². The van der Waals surface area contributed by atoms with Gasteiger partial charge in [-0.1, -0.05) is 11.6 Å². The van der Waals surface area contributed by atoms with E-state index < -0.39 is 0 Å². The summed E-state index contributed by atoms with van der Waals surface area (Å²) in [6, 6.07) is 0.192. The molecule has 3 saturated heterocycles. The summed E-state index contributed by atoms with van der Waals surface area (Å²) < 4.78 is 13.1. The Balaban J connectivity index is 1.50. The Morgan fingerprint density at radius 3 is 2.67 bits per heavy atom. The number of aromatic nitrogens is 2. The molecule has 8 heteroatoms. The number of carbonyl (C=O) groups excluding carboxylic acids is 1. The SMILES string of the molecule is Cc1nn(C)c(Cl)c1CN1C[C@H]2COC[C@@H]1CN(C(=O)C1CCOCC1)C2. The molecule has 1 aromatic heterocycles. The number of ether oxygens (including phenoxy) is 2. The predicted octanol–water partition coefficient (Wildman–Crippen LogP) is 1.47. The van der Waals surface area contributed by atoms with E-state index in [1.54, 1.807) is 4.68 Å². The molecule has 0 aromatic carbocycles. The zero-order chi connectivity index (χ0) is 19.0. The second kappa shape index (κ2) is 8.07. The van der Waals surface area contributed by atoms with Crippen molar-refractivity contribution in [1.82, 2.24) is 19.6 Å². The molecule has 1 amide bonds. The first-order chi connectivity index (χ1) is 13.0. The van der Waals surface area contributed by atoms with Gasteiger partial charge >= 0.3 is 0 Å². The van der Waals surface area contributed by atoms with Gasteiger partial charge in [-0.2, -0.15) is 5.10 Å². The number of hydrogen-bond donors (Lipinski definition) is 0. The average Bonchev–Trinajstić information content (AvgIpc) is 2.83. The van der Waals surface area contributed by atoms with Gasteiger partial charge in [-0.15, -0.1) is 0 Å². The lowest BCUT2D eigenvalue weighted by atomic mass is 9.98. The van der Waals surface area contributed by atoms with Crippen LogP contribution >= 0.6 is 11.6 Å². The molecule has 0 saturated carbocycles. The van der Waals surface area contributed by atoms with Gasteiger partial charge in [0.2, 0.25) is 5.91 Å². The van der Waals surface area contributed by atoms with Crippen molar-refractivity contribution in [2.24, 2.45) is 18.9 Å². The lowest BCUT2D eigenvalue weighted by molar-refractivity contribution is -0.140. The average molecular weight is 397 g/mol. The summed E-state index contributed by atoms with van der Waals surface area (Å²) >= 11 is 6.46. The highest BCUT2D eigenvalue weighted by molar-refractivity contribution is 6.30. The molecule has 1 aromatic rings. The minimum atomic E-state index is 0.113. The van der Waals surface area contributed by atoms with Gasteiger partial charge in [0.15, 0.2) is 0 Å². The number of amides is 1. The van der Waals surface area contributed by atoms with E-state index in [2.05, 4.69) is 14.9 Å². The van der Waals surface area contributed by atoms with Crippen molar-refractivity contribution in [1.29, 1.82) is 0 Å². The van der Waals surface area contributed by atoms with Crippen LogP contribution in [0.2, 0.25) is 5.15 Å². The molecule has 0 unspecified atom stereocenters. The summed E-state index contributed by atoms with van der Waals surface area (Å²) in [6.07, 6.45) is 1.69. The molecule has 2 atom stereocenters. The maximum absolute atomic E-state index is 13.1. The van der Waals surface area contributed by atoms with Crippen molar-refractivity contribution >= 4 is 17.5 Å². The van der Waals surface area contributed by atoms with Gasteiger partial charge in [0.05, 0.1) is 24.9 Å². The first kappa shape index (κ1) is 19.2. The van der Waals surface area contributed by atoms with Crippen LogP contribution in [0.5, 0.6) is 0 Å². The molecule has 3 aliphatic rings. The molecule has 150 valence electrons. The highest BCUT2D eigenvalue weighted by Gasteiger charge is 2.37. The second-order valence-corrected chi connectivity index (χ2v) is 8.45. The van der Waals surface area contributed by atoms with E-state index >= 15 is 0 Å². The van der Waals surface area contributed by atoms with Gasteiger partial charge in [0.1, 0.15) is 5.15 Å². The quantitative estimate of drug-likeness (QED) is 0.774. The topological polar surface area (TPSA) is 59.8 Å². The van der Waals surface area contributed by atoms with E-state index in [9.17, 15) is 4.79 Å². The second-order valence-electron chi connectivity index (χ2n) is 8.09. The van der Waals surface area contributed by atoms with Gasteiger partial charge < -0.3 is 14.4 Å². The smallest absolute Gasteiger partial charge is 0.225 e. The largest absolute Gasteiger partial charge is 0.381 e. The summed E-state index contributed by atoms with van der Waals surface area (Å²) in [5.74, 6) is 0.742. The monoisotopic (exact) mass is 396 g/mol. The van der Waals surface area contributed by atoms with Gasteiger partial charge in [0.25, 0.3) is 0 Å². The number of fused-ring (bicyclic) bond motifs is 3. The molecule has 0 radical (unpaired) electrons. The van der Waals surface area contributed by atoms with E-state index in [0.29, 0.717) is 43.4 Å². The Morgan fingerprint density at radius 2 is 1.96 bits per heavy atom. The van der Waals surface area contributed by atoms with Gasteiger partial charge in [0, 0.05) is 63.8 Å². The number of nitrogens with zero attached hydrogens (tertiary/aromatic N) is 4. The van der Waals surface area contributed by atoms with E-state index in [1.807, 2.05) is 14.0 Å². The van der Waals surface area contributed by atoms with E-state index in [-0.39, 0.29) is 12.0 Å². The minimum absolute atomic E-state index is 0.113. The first-order valence-corrected chi connectivity index (χ1v) is 10.3. The molecule has 0 spiro atoms. The Bertz CT molecular complexity index is 689. The number of carbonyl (C=O) groups is 1. The normalized spacial score (nSPS) is 27.6. The van der Waals surface area contributed by atoms with E-state index in [0.717, 1.165) is 50.3 Å². The number of halogens is 1. The third-order valence-electron chi connectivity index (χ3n) is 6.10. The first-order valence-electron chi connectivity index (χ1n) is 9.89. The fraction of sp³-hybridized carbons (Fsp3) is 0.789. The molecule has 3 aliphatic heterocycles. The third kappa shape index (κ3) is 4.01. The molecule has 27 heavy (non-hydrogen) atoms. The summed E-state index contributed by atoms with van der Waals surface area (Å²) in [5, 5.41) is 5.14. The lowest BCUT2D eigenvalue weighted by Gasteiger charge is -2.34. The molecule has 4 heterocycles. The summed E-state index contributed by atoms with van der Waals surface area (Å²) in [7, 11) is 1.87. The van der Waals surface area contributed by atoms with Gasteiger partial charge in [-0.25, -0.2) is 0 Å². The zero-order valence-electron chi connectivity index (χ0n) is 16.2. The highest BCUT2D eigenvalue weighted by Crippen LogP contribution is 2.27. The molecule has 2 bridgehead atoms. The highest BCUT2D eigenvalue weighted by atomic mass is 35.5. The Kier molecular flexibility index (Phi) is 5.73. The van der Waals surface area contributed by atoms with E-state index in [1.165, 1.54) is 0 Å². The van der Waals surface area contributed by atoms with Crippen LogP contribution < -0.4 is 0 Å². The van der Waals surface area contributed by atoms with Crippen LogP contribution in [0.1, 0.15) is 24.1 Å². The molecule has 0 aliphatic carbocycles. The Hall–Kier alpha value is -1.15. The fourth-order valence-electron chi connectivity index (χ4n) is 4.56. The van der Waals surface area contributed by atoms with Crippen molar-refractivity contribution < 1.29 is 14.3 Å². The van der Waals surface area contributed by atoms with Crippen LogP contribution in [0, 0.1) is 18.8 Å². The number of aryl methyl sites for hydroxylation is 2. The standard InChI is InChI=1S/C19H29ClN4O3/c1-13-17(18(20)22(2)21-13)10-23-7-14-8-24(9-16(23)12-27-11-14)19(25)15-3-5-26-6-4-15/h14-16H,3-12H2,1-2H3/t14-,16+/m1/s1.